The summed E-state index contributed by atoms with van der Waals surface area (Å²) in [5, 5.41) is 6.41. The van der Waals surface area contributed by atoms with Gasteiger partial charge < -0.3 is 4.90 Å². The summed E-state index contributed by atoms with van der Waals surface area (Å²) >= 11 is 5.90. The van der Waals surface area contributed by atoms with Gasteiger partial charge in [0, 0.05) is 24.8 Å². The van der Waals surface area contributed by atoms with Crippen LogP contribution >= 0.6 is 11.6 Å². The van der Waals surface area contributed by atoms with Crippen LogP contribution in [0, 0.1) is 0 Å². The molecule has 0 bridgehead atoms. The lowest BCUT2D eigenvalue weighted by atomic mass is 10.1. The Morgan fingerprint density at radius 1 is 1.04 bits per heavy atom. The van der Waals surface area contributed by atoms with Crippen LogP contribution in [0.1, 0.15) is 12.5 Å². The van der Waals surface area contributed by atoms with Crippen LogP contribution in [-0.2, 0) is 4.79 Å². The highest BCUT2D eigenvalue weighted by Crippen LogP contribution is 2.26. The molecule has 5 heteroatoms. The smallest absolute Gasteiger partial charge is 0.280 e. The van der Waals surface area contributed by atoms with Crippen LogP contribution in [0.15, 0.2) is 59.2 Å². The zero-order valence-corrected chi connectivity index (χ0v) is 14.6. The average molecular weight is 340 g/mol. The van der Waals surface area contributed by atoms with E-state index >= 15 is 0 Å². The molecular weight excluding hydrogens is 322 g/mol. The molecule has 0 unspecified atom stereocenters. The summed E-state index contributed by atoms with van der Waals surface area (Å²) in [6.07, 6.45) is 1.87. The Hall–Kier alpha value is -2.59. The Bertz CT molecular complexity index is 821. The van der Waals surface area contributed by atoms with Crippen molar-refractivity contribution in [3.8, 4) is 0 Å². The second-order valence-electron chi connectivity index (χ2n) is 5.82. The number of rotatable bonds is 3. The number of carbonyl (C=O) groups is 1. The molecule has 24 heavy (non-hydrogen) atoms. The van der Waals surface area contributed by atoms with Crippen LogP contribution in [0.3, 0.4) is 0 Å². The maximum absolute atomic E-state index is 12.7. The molecule has 4 nitrogen and oxygen atoms in total. The maximum atomic E-state index is 12.7. The number of nitrogens with zero attached hydrogens (tertiary/aromatic N) is 3. The third-order valence-corrected chi connectivity index (χ3v) is 4.11. The topological polar surface area (TPSA) is 35.9 Å². The quantitative estimate of drug-likeness (QED) is 0.785. The molecule has 1 aliphatic rings. The minimum Gasteiger partial charge on any atom is -0.378 e. The van der Waals surface area contributed by atoms with Gasteiger partial charge in [0.05, 0.1) is 17.0 Å². The molecule has 0 saturated carbocycles. The molecule has 1 heterocycles. The predicted octanol–water partition coefficient (Wildman–Crippen LogP) is 4.21. The van der Waals surface area contributed by atoms with Crippen molar-refractivity contribution in [1.82, 2.24) is 0 Å². The van der Waals surface area contributed by atoms with Gasteiger partial charge in [0.2, 0.25) is 0 Å². The van der Waals surface area contributed by atoms with Crippen LogP contribution in [0.2, 0.25) is 5.02 Å². The zero-order valence-electron chi connectivity index (χ0n) is 13.8. The number of carbonyl (C=O) groups excluding carboxylic acids is 1. The maximum Gasteiger partial charge on any atom is 0.280 e. The lowest BCUT2D eigenvalue weighted by molar-refractivity contribution is -0.114. The minimum absolute atomic E-state index is 0.133. The van der Waals surface area contributed by atoms with Crippen molar-refractivity contribution in [3.05, 3.63) is 64.7 Å². The molecule has 0 aromatic heterocycles. The first-order valence-electron chi connectivity index (χ1n) is 7.60. The molecule has 3 rings (SSSR count). The van der Waals surface area contributed by atoms with Crippen molar-refractivity contribution in [3.63, 3.8) is 0 Å². The largest absolute Gasteiger partial charge is 0.378 e. The third-order valence-electron chi connectivity index (χ3n) is 3.85. The molecule has 1 amide bonds. The molecule has 122 valence electrons. The van der Waals surface area contributed by atoms with Crippen molar-refractivity contribution in [2.24, 2.45) is 5.10 Å². The van der Waals surface area contributed by atoms with Gasteiger partial charge in [-0.25, -0.2) is 0 Å². The predicted molar refractivity (Wildman–Crippen MR) is 101 cm³/mol. The van der Waals surface area contributed by atoms with Crippen molar-refractivity contribution < 1.29 is 4.79 Å². The Kier molecular flexibility index (Phi) is 4.40. The number of hydrogen-bond donors (Lipinski definition) is 0. The van der Waals surface area contributed by atoms with Crippen molar-refractivity contribution in [1.29, 1.82) is 0 Å². The first kappa shape index (κ1) is 16.3. The van der Waals surface area contributed by atoms with E-state index < -0.39 is 0 Å². The van der Waals surface area contributed by atoms with Crippen LogP contribution < -0.4 is 9.91 Å². The molecule has 0 radical (unpaired) electrons. The summed E-state index contributed by atoms with van der Waals surface area (Å²) in [5.41, 5.74) is 4.09. The molecule has 0 aliphatic carbocycles. The molecule has 0 atom stereocenters. The van der Waals surface area contributed by atoms with E-state index in [0.717, 1.165) is 11.3 Å². The summed E-state index contributed by atoms with van der Waals surface area (Å²) in [7, 11) is 3.99. The lowest BCUT2D eigenvalue weighted by Crippen LogP contribution is -2.21. The molecular formula is C19H18ClN3O. The highest BCUT2D eigenvalue weighted by atomic mass is 35.5. The van der Waals surface area contributed by atoms with E-state index in [2.05, 4.69) is 5.10 Å². The summed E-state index contributed by atoms with van der Waals surface area (Å²) < 4.78 is 0. The SMILES string of the molecule is CC1=NN(c2ccc(Cl)cc2)C(=O)/C1=C/c1ccc(N(C)C)cc1. The van der Waals surface area contributed by atoms with Crippen LogP contribution in [0.25, 0.3) is 6.08 Å². The fourth-order valence-corrected chi connectivity index (χ4v) is 2.60. The standard InChI is InChI=1S/C19H18ClN3O/c1-13-18(12-14-4-8-16(9-5-14)22(2)3)19(24)23(21-13)17-10-6-15(20)7-11-17/h4-12H,1-3H3/b18-12+. The molecule has 2 aromatic carbocycles. The lowest BCUT2D eigenvalue weighted by Gasteiger charge is -2.12. The van der Waals surface area contributed by atoms with Gasteiger partial charge in [0.25, 0.3) is 5.91 Å². The Balaban J connectivity index is 1.88. The van der Waals surface area contributed by atoms with Gasteiger partial charge >= 0.3 is 0 Å². The van der Waals surface area contributed by atoms with E-state index in [1.165, 1.54) is 5.01 Å². The highest BCUT2D eigenvalue weighted by molar-refractivity contribution is 6.32. The second-order valence-corrected chi connectivity index (χ2v) is 6.26. The van der Waals surface area contributed by atoms with Crippen molar-refractivity contribution >= 4 is 40.7 Å². The minimum atomic E-state index is -0.133. The van der Waals surface area contributed by atoms with E-state index in [1.54, 1.807) is 24.3 Å². The fraction of sp³-hybridized carbons (Fsp3) is 0.158. The van der Waals surface area contributed by atoms with Gasteiger partial charge in [-0.05, 0) is 55.0 Å². The number of benzene rings is 2. The number of hydrazone groups is 1. The molecule has 0 saturated heterocycles. The van der Waals surface area contributed by atoms with Crippen LogP contribution in [0.4, 0.5) is 11.4 Å². The van der Waals surface area contributed by atoms with E-state index in [4.69, 9.17) is 11.6 Å². The van der Waals surface area contributed by atoms with Gasteiger partial charge in [-0.3, -0.25) is 4.79 Å². The summed E-state index contributed by atoms with van der Waals surface area (Å²) in [6, 6.07) is 15.1. The number of anilines is 2. The highest BCUT2D eigenvalue weighted by Gasteiger charge is 2.28. The van der Waals surface area contributed by atoms with Gasteiger partial charge in [0.15, 0.2) is 0 Å². The first-order valence-corrected chi connectivity index (χ1v) is 7.98. The Morgan fingerprint density at radius 2 is 1.67 bits per heavy atom. The second kappa shape index (κ2) is 6.49. The van der Waals surface area contributed by atoms with Gasteiger partial charge in [-0.15, -0.1) is 0 Å². The van der Waals surface area contributed by atoms with Crippen molar-refractivity contribution in [2.45, 2.75) is 6.92 Å². The van der Waals surface area contributed by atoms with Gasteiger partial charge in [-0.1, -0.05) is 23.7 Å². The van der Waals surface area contributed by atoms with Gasteiger partial charge in [-0.2, -0.15) is 10.1 Å². The molecule has 0 spiro atoms. The first-order chi connectivity index (χ1) is 11.5. The molecule has 0 fully saturated rings. The average Bonchev–Trinajstić information content (AvgIpc) is 2.84. The van der Waals surface area contributed by atoms with E-state index in [9.17, 15) is 4.79 Å². The summed E-state index contributed by atoms with van der Waals surface area (Å²) in [6.45, 7) is 1.84. The van der Waals surface area contributed by atoms with E-state index in [-0.39, 0.29) is 5.91 Å². The van der Waals surface area contributed by atoms with Crippen molar-refractivity contribution in [2.75, 3.05) is 24.0 Å². The number of amides is 1. The van der Waals surface area contributed by atoms with Gasteiger partial charge in [0.1, 0.15) is 0 Å². The molecule has 0 N–H and O–H groups in total. The zero-order chi connectivity index (χ0) is 17.3. The van der Waals surface area contributed by atoms with E-state index in [1.807, 2.05) is 56.3 Å². The molecule has 1 aliphatic heterocycles. The summed E-state index contributed by atoms with van der Waals surface area (Å²) in [4.78, 5) is 14.7. The Labute approximate surface area is 146 Å². The molecule has 2 aromatic rings. The monoisotopic (exact) mass is 339 g/mol. The number of halogens is 1. The van der Waals surface area contributed by atoms with Crippen LogP contribution in [0.5, 0.6) is 0 Å². The van der Waals surface area contributed by atoms with E-state index in [0.29, 0.717) is 22.0 Å². The third kappa shape index (κ3) is 3.19. The summed E-state index contributed by atoms with van der Waals surface area (Å²) in [5.74, 6) is -0.133. The van der Waals surface area contributed by atoms with Crippen LogP contribution in [-0.4, -0.2) is 25.7 Å². The Morgan fingerprint density at radius 3 is 2.25 bits per heavy atom. The normalized spacial score (nSPS) is 15.8. The number of hydrogen-bond acceptors (Lipinski definition) is 3. The fourth-order valence-electron chi connectivity index (χ4n) is 2.48.